The zero-order valence-electron chi connectivity index (χ0n) is 11.0. The smallest absolute Gasteiger partial charge is 0.124 e. The molecule has 0 radical (unpaired) electrons. The van der Waals surface area contributed by atoms with Crippen molar-refractivity contribution in [3.63, 3.8) is 0 Å². The van der Waals surface area contributed by atoms with Crippen LogP contribution >= 0.6 is 27.5 Å². The minimum atomic E-state index is -0.322. The first kappa shape index (κ1) is 15.4. The van der Waals surface area contributed by atoms with Gasteiger partial charge >= 0.3 is 0 Å². The number of likely N-dealkylation sites (N-methyl/N-ethyl adjacent to an activating group) is 1. The van der Waals surface area contributed by atoms with Crippen LogP contribution < -0.4 is 5.32 Å². The first-order chi connectivity index (χ1) is 9.61. The van der Waals surface area contributed by atoms with E-state index < -0.39 is 0 Å². The number of nitrogens with zero attached hydrogens (tertiary/aromatic N) is 1. The summed E-state index contributed by atoms with van der Waals surface area (Å²) in [5, 5.41) is 3.83. The van der Waals surface area contributed by atoms with Crippen molar-refractivity contribution in [2.75, 3.05) is 6.54 Å². The second-order valence-corrected chi connectivity index (χ2v) is 5.68. The molecular weight excluding hydrogens is 343 g/mol. The van der Waals surface area contributed by atoms with Crippen LogP contribution in [-0.4, -0.2) is 11.5 Å². The Morgan fingerprint density at radius 3 is 2.85 bits per heavy atom. The van der Waals surface area contributed by atoms with Gasteiger partial charge in [-0.25, -0.2) is 4.39 Å². The fraction of sp³-hybridized carbons (Fsp3) is 0.267. The van der Waals surface area contributed by atoms with Gasteiger partial charge in [0.1, 0.15) is 5.82 Å². The minimum absolute atomic E-state index is 0.0264. The predicted molar refractivity (Wildman–Crippen MR) is 83.5 cm³/mol. The van der Waals surface area contributed by atoms with Crippen molar-refractivity contribution in [3.8, 4) is 0 Å². The van der Waals surface area contributed by atoms with Crippen LogP contribution in [0.1, 0.15) is 24.2 Å². The van der Waals surface area contributed by atoms with E-state index in [9.17, 15) is 4.39 Å². The number of benzene rings is 1. The van der Waals surface area contributed by atoms with E-state index in [1.54, 1.807) is 12.3 Å². The lowest BCUT2D eigenvalue weighted by atomic mass is 10.0. The number of hydrogen-bond donors (Lipinski definition) is 1. The van der Waals surface area contributed by atoms with Crippen molar-refractivity contribution >= 4 is 27.5 Å². The average Bonchev–Trinajstić information content (AvgIpc) is 2.42. The van der Waals surface area contributed by atoms with Crippen LogP contribution in [-0.2, 0) is 6.42 Å². The van der Waals surface area contributed by atoms with Gasteiger partial charge in [-0.05, 0) is 58.7 Å². The molecule has 0 fully saturated rings. The van der Waals surface area contributed by atoms with Gasteiger partial charge in [-0.2, -0.15) is 0 Å². The van der Waals surface area contributed by atoms with Crippen LogP contribution in [0, 0.1) is 5.82 Å². The monoisotopic (exact) mass is 356 g/mol. The molecule has 2 rings (SSSR count). The highest BCUT2D eigenvalue weighted by Crippen LogP contribution is 2.27. The highest BCUT2D eigenvalue weighted by Gasteiger charge is 2.17. The third-order valence-electron chi connectivity index (χ3n) is 3.01. The predicted octanol–water partition coefficient (Wildman–Crippen LogP) is 4.53. The zero-order chi connectivity index (χ0) is 14.5. The summed E-state index contributed by atoms with van der Waals surface area (Å²) < 4.78 is 14.0. The molecule has 0 saturated heterocycles. The first-order valence-electron chi connectivity index (χ1n) is 6.39. The van der Waals surface area contributed by atoms with Crippen molar-refractivity contribution < 1.29 is 4.39 Å². The number of aromatic nitrogens is 1. The van der Waals surface area contributed by atoms with E-state index >= 15 is 0 Å². The Balaban J connectivity index is 2.28. The molecule has 0 aliphatic carbocycles. The third-order valence-corrected chi connectivity index (χ3v) is 4.03. The Hall–Kier alpha value is -0.970. The van der Waals surface area contributed by atoms with Gasteiger partial charge in [-0.3, -0.25) is 4.98 Å². The fourth-order valence-electron chi connectivity index (χ4n) is 2.07. The van der Waals surface area contributed by atoms with Crippen molar-refractivity contribution in [1.29, 1.82) is 0 Å². The average molecular weight is 358 g/mol. The van der Waals surface area contributed by atoms with Crippen molar-refractivity contribution in [2.24, 2.45) is 0 Å². The summed E-state index contributed by atoms with van der Waals surface area (Å²) in [6, 6.07) is 8.35. The molecule has 0 saturated carbocycles. The standard InChI is InChI=1S/C15H15BrClFN2/c1-2-19-14(15-12(16)4-3-7-20-15)8-10-5-6-11(18)9-13(10)17/h3-7,9,14,19H,2,8H2,1H3. The van der Waals surface area contributed by atoms with Gasteiger partial charge in [0.2, 0.25) is 0 Å². The van der Waals surface area contributed by atoms with E-state index in [1.807, 2.05) is 19.1 Å². The first-order valence-corrected chi connectivity index (χ1v) is 7.56. The topological polar surface area (TPSA) is 24.9 Å². The molecule has 0 bridgehead atoms. The van der Waals surface area contributed by atoms with Crippen LogP contribution in [0.2, 0.25) is 5.02 Å². The van der Waals surface area contributed by atoms with Crippen LogP contribution in [0.25, 0.3) is 0 Å². The van der Waals surface area contributed by atoms with Crippen molar-refractivity contribution in [2.45, 2.75) is 19.4 Å². The molecule has 1 atom stereocenters. The zero-order valence-corrected chi connectivity index (χ0v) is 13.4. The summed E-state index contributed by atoms with van der Waals surface area (Å²) in [7, 11) is 0. The molecule has 1 aromatic heterocycles. The van der Waals surface area contributed by atoms with Gasteiger partial charge < -0.3 is 5.32 Å². The number of hydrogen-bond acceptors (Lipinski definition) is 2. The maximum Gasteiger partial charge on any atom is 0.124 e. The number of halogens is 3. The van der Waals surface area contributed by atoms with E-state index in [2.05, 4.69) is 26.2 Å². The maximum atomic E-state index is 13.1. The highest BCUT2D eigenvalue weighted by atomic mass is 79.9. The molecule has 20 heavy (non-hydrogen) atoms. The molecule has 1 N–H and O–H groups in total. The second kappa shape index (κ2) is 7.16. The lowest BCUT2D eigenvalue weighted by Gasteiger charge is -2.19. The van der Waals surface area contributed by atoms with Crippen LogP contribution in [0.5, 0.6) is 0 Å². The molecule has 0 spiro atoms. The maximum absolute atomic E-state index is 13.1. The van der Waals surface area contributed by atoms with Gasteiger partial charge in [0, 0.05) is 15.7 Å². The fourth-order valence-corrected chi connectivity index (χ4v) is 2.85. The van der Waals surface area contributed by atoms with E-state index in [4.69, 9.17) is 11.6 Å². The van der Waals surface area contributed by atoms with Crippen molar-refractivity contribution in [1.82, 2.24) is 10.3 Å². The Morgan fingerprint density at radius 2 is 2.20 bits per heavy atom. The molecule has 1 unspecified atom stereocenters. The molecule has 106 valence electrons. The minimum Gasteiger partial charge on any atom is -0.309 e. The summed E-state index contributed by atoms with van der Waals surface area (Å²) >= 11 is 9.62. The number of nitrogens with one attached hydrogen (secondary N) is 1. The van der Waals surface area contributed by atoms with Gasteiger partial charge in [0.05, 0.1) is 11.7 Å². The van der Waals surface area contributed by atoms with Crippen LogP contribution in [0.3, 0.4) is 0 Å². The molecule has 5 heteroatoms. The molecule has 0 amide bonds. The Morgan fingerprint density at radius 1 is 1.40 bits per heavy atom. The van der Waals surface area contributed by atoms with E-state index in [1.165, 1.54) is 12.1 Å². The van der Waals surface area contributed by atoms with Crippen LogP contribution in [0.4, 0.5) is 4.39 Å². The Bertz CT molecular complexity index is 592. The van der Waals surface area contributed by atoms with E-state index in [-0.39, 0.29) is 11.9 Å². The SMILES string of the molecule is CCNC(Cc1ccc(F)cc1Cl)c1ncccc1Br. The second-order valence-electron chi connectivity index (χ2n) is 4.42. The molecule has 1 aromatic carbocycles. The quantitative estimate of drug-likeness (QED) is 0.850. The van der Waals surface area contributed by atoms with Gasteiger partial charge in [-0.1, -0.05) is 24.6 Å². The normalized spacial score (nSPS) is 12.4. The molecular formula is C15H15BrClFN2. The van der Waals surface area contributed by atoms with Gasteiger partial charge in [0.15, 0.2) is 0 Å². The summed E-state index contributed by atoms with van der Waals surface area (Å²) in [5.41, 5.74) is 1.83. The lowest BCUT2D eigenvalue weighted by Crippen LogP contribution is -2.24. The van der Waals surface area contributed by atoms with Gasteiger partial charge in [-0.15, -0.1) is 0 Å². The summed E-state index contributed by atoms with van der Waals surface area (Å²) in [5.74, 6) is -0.322. The lowest BCUT2D eigenvalue weighted by molar-refractivity contribution is 0.533. The van der Waals surface area contributed by atoms with E-state index in [0.29, 0.717) is 11.4 Å². The molecule has 0 aliphatic heterocycles. The molecule has 2 nitrogen and oxygen atoms in total. The third kappa shape index (κ3) is 3.78. The molecule has 0 aliphatic rings. The Kier molecular flexibility index (Phi) is 5.52. The van der Waals surface area contributed by atoms with Crippen LogP contribution in [0.15, 0.2) is 41.0 Å². The summed E-state index contributed by atoms with van der Waals surface area (Å²) in [6.07, 6.45) is 2.42. The van der Waals surface area contributed by atoms with Gasteiger partial charge in [0.25, 0.3) is 0 Å². The number of pyridine rings is 1. The molecule has 2 aromatic rings. The summed E-state index contributed by atoms with van der Waals surface area (Å²) in [6.45, 7) is 2.85. The Labute approximate surface area is 131 Å². The number of rotatable bonds is 5. The highest BCUT2D eigenvalue weighted by molar-refractivity contribution is 9.10. The largest absolute Gasteiger partial charge is 0.309 e. The molecule has 1 heterocycles. The summed E-state index contributed by atoms with van der Waals surface area (Å²) in [4.78, 5) is 4.41. The van der Waals surface area contributed by atoms with E-state index in [0.717, 1.165) is 22.3 Å². The van der Waals surface area contributed by atoms with Crippen molar-refractivity contribution in [3.05, 3.63) is 63.1 Å².